The zero-order valence-corrected chi connectivity index (χ0v) is 24.2. The van der Waals surface area contributed by atoms with E-state index < -0.39 is 16.1 Å². The maximum atomic E-state index is 13.4. The Balaban J connectivity index is 1.22. The monoisotopic (exact) mass is 599 g/mol. The summed E-state index contributed by atoms with van der Waals surface area (Å²) in [7, 11) is -3.41. The van der Waals surface area contributed by atoms with Gasteiger partial charge in [0.25, 0.3) is 5.91 Å². The number of hydrogen-bond acceptors (Lipinski definition) is 8. The summed E-state index contributed by atoms with van der Waals surface area (Å²) in [5.74, 6) is -0.305. The van der Waals surface area contributed by atoms with Crippen molar-refractivity contribution in [2.45, 2.75) is 49.8 Å². The van der Waals surface area contributed by atoms with Gasteiger partial charge in [-0.15, -0.1) is 11.3 Å². The molecule has 1 saturated carbocycles. The lowest BCUT2D eigenvalue weighted by molar-refractivity contribution is 0.0928. The number of nitrogens with one attached hydrogen (secondary N) is 2. The van der Waals surface area contributed by atoms with Crippen LogP contribution in [0.2, 0.25) is 5.02 Å². The lowest BCUT2D eigenvalue weighted by atomic mass is 10.1. The van der Waals surface area contributed by atoms with Crippen LogP contribution < -0.4 is 10.0 Å². The second kappa shape index (κ2) is 11.4. The number of aromatic nitrogens is 4. The Labute approximate surface area is 241 Å². The molecule has 1 aliphatic carbocycles. The summed E-state index contributed by atoms with van der Waals surface area (Å²) < 4.78 is 29.4. The van der Waals surface area contributed by atoms with Crippen LogP contribution in [-0.4, -0.2) is 63.7 Å². The molecule has 1 atom stereocenters. The number of carbonyl (C=O) groups is 1. The van der Waals surface area contributed by atoms with Crippen molar-refractivity contribution in [1.82, 2.24) is 29.8 Å². The molecule has 0 unspecified atom stereocenters. The molecule has 5 heterocycles. The number of thiazole rings is 1. The smallest absolute Gasteiger partial charge is 0.280 e. The lowest BCUT2D eigenvalue weighted by Crippen LogP contribution is -2.35. The molecular formula is C27H30ClN7O3S2. The van der Waals surface area contributed by atoms with Gasteiger partial charge in [0, 0.05) is 35.7 Å². The van der Waals surface area contributed by atoms with E-state index in [4.69, 9.17) is 11.6 Å². The maximum absolute atomic E-state index is 13.4. The standard InChI is InChI=1S/C27H30ClN7O3S2/c28-18-7-13-35-24(14-18)21(16-31-35)25-17-30-27(39-25)26(36)32-22(8-12-34-10-2-1-3-11-34)23-15-19(6-9-29-23)33-40(37,38)20-4-5-20/h6-7,9,13-17,20,22H,1-5,8,10-12H2,(H,29,33)(H,32,36)/t22-/m1/s1. The predicted octanol–water partition coefficient (Wildman–Crippen LogP) is 4.76. The van der Waals surface area contributed by atoms with E-state index in [1.807, 2.05) is 6.07 Å². The van der Waals surface area contributed by atoms with Crippen molar-refractivity contribution in [3.8, 4) is 10.4 Å². The average molecular weight is 600 g/mol. The summed E-state index contributed by atoms with van der Waals surface area (Å²) >= 11 is 7.47. The van der Waals surface area contributed by atoms with Gasteiger partial charge >= 0.3 is 0 Å². The average Bonchev–Trinajstić information content (AvgIpc) is 3.58. The molecule has 13 heteroatoms. The summed E-state index contributed by atoms with van der Waals surface area (Å²) in [6, 6.07) is 6.54. The Morgan fingerprint density at radius 2 is 1.95 bits per heavy atom. The van der Waals surface area contributed by atoms with E-state index in [1.165, 1.54) is 30.6 Å². The third-order valence-electron chi connectivity index (χ3n) is 7.30. The van der Waals surface area contributed by atoms with Gasteiger partial charge in [-0.05, 0) is 69.5 Å². The van der Waals surface area contributed by atoms with Crippen molar-refractivity contribution in [1.29, 1.82) is 0 Å². The molecule has 0 spiro atoms. The first-order valence-corrected chi connectivity index (χ1v) is 16.2. The number of piperidine rings is 1. The number of anilines is 1. The van der Waals surface area contributed by atoms with E-state index in [0.717, 1.165) is 35.6 Å². The third-order valence-corrected chi connectivity index (χ3v) is 10.4. The number of likely N-dealkylation sites (tertiary alicyclic amines) is 1. The molecule has 210 valence electrons. The van der Waals surface area contributed by atoms with E-state index in [1.54, 1.807) is 47.5 Å². The number of amides is 1. The third kappa shape index (κ3) is 6.14. The fourth-order valence-corrected chi connectivity index (χ4v) is 7.36. The molecule has 10 nitrogen and oxygen atoms in total. The van der Waals surface area contributed by atoms with E-state index in [0.29, 0.717) is 40.7 Å². The highest BCUT2D eigenvalue weighted by Crippen LogP contribution is 2.32. The van der Waals surface area contributed by atoms with Crippen LogP contribution in [0.1, 0.15) is 60.1 Å². The molecule has 0 aromatic carbocycles. The van der Waals surface area contributed by atoms with Gasteiger partial charge < -0.3 is 10.2 Å². The Morgan fingerprint density at radius 3 is 2.75 bits per heavy atom. The molecular weight excluding hydrogens is 570 g/mol. The van der Waals surface area contributed by atoms with E-state index >= 15 is 0 Å². The van der Waals surface area contributed by atoms with Crippen molar-refractivity contribution in [2.24, 2.45) is 0 Å². The van der Waals surface area contributed by atoms with Gasteiger partial charge in [-0.1, -0.05) is 18.0 Å². The van der Waals surface area contributed by atoms with Crippen LogP contribution in [0.15, 0.2) is 49.1 Å². The molecule has 1 saturated heterocycles. The van der Waals surface area contributed by atoms with Gasteiger partial charge in [0.05, 0.1) is 39.3 Å². The first-order valence-electron chi connectivity index (χ1n) is 13.5. The molecule has 4 aromatic heterocycles. The summed E-state index contributed by atoms with van der Waals surface area (Å²) in [5, 5.41) is 8.08. The highest BCUT2D eigenvalue weighted by molar-refractivity contribution is 7.93. The zero-order valence-electron chi connectivity index (χ0n) is 21.8. The minimum absolute atomic E-state index is 0.305. The van der Waals surface area contributed by atoms with Gasteiger partial charge in [0.15, 0.2) is 5.01 Å². The number of hydrogen-bond donors (Lipinski definition) is 2. The molecule has 4 aromatic rings. The fourth-order valence-electron chi connectivity index (χ4n) is 4.99. The molecule has 6 rings (SSSR count). The lowest BCUT2D eigenvalue weighted by Gasteiger charge is -2.28. The highest BCUT2D eigenvalue weighted by atomic mass is 35.5. The minimum atomic E-state index is -3.41. The van der Waals surface area contributed by atoms with E-state index in [9.17, 15) is 13.2 Å². The number of halogens is 1. The van der Waals surface area contributed by atoms with Gasteiger partial charge in [0.2, 0.25) is 10.0 Å². The van der Waals surface area contributed by atoms with Crippen molar-refractivity contribution in [3.63, 3.8) is 0 Å². The molecule has 0 bridgehead atoms. The van der Waals surface area contributed by atoms with Crippen LogP contribution in [0.3, 0.4) is 0 Å². The fraction of sp³-hybridized carbons (Fsp3) is 0.407. The Bertz CT molecular complexity index is 1630. The normalized spacial score (nSPS) is 17.1. The second-order valence-electron chi connectivity index (χ2n) is 10.3. The molecule has 0 radical (unpaired) electrons. The quantitative estimate of drug-likeness (QED) is 0.270. The highest BCUT2D eigenvalue weighted by Gasteiger charge is 2.36. The Morgan fingerprint density at radius 1 is 1.12 bits per heavy atom. The van der Waals surface area contributed by atoms with Crippen molar-refractivity contribution < 1.29 is 13.2 Å². The maximum Gasteiger partial charge on any atom is 0.280 e. The summed E-state index contributed by atoms with van der Waals surface area (Å²) in [5.41, 5.74) is 2.74. The number of fused-ring (bicyclic) bond motifs is 1. The van der Waals surface area contributed by atoms with Gasteiger partial charge in [-0.3, -0.25) is 14.5 Å². The van der Waals surface area contributed by atoms with Crippen LogP contribution in [-0.2, 0) is 10.0 Å². The van der Waals surface area contributed by atoms with Crippen LogP contribution in [0.5, 0.6) is 0 Å². The Hall–Kier alpha value is -3.06. The number of sulfonamides is 1. The topological polar surface area (TPSA) is 122 Å². The summed E-state index contributed by atoms with van der Waals surface area (Å²) in [4.78, 5) is 25.6. The van der Waals surface area contributed by atoms with Crippen molar-refractivity contribution in [2.75, 3.05) is 24.4 Å². The first kappa shape index (κ1) is 27.1. The van der Waals surface area contributed by atoms with Crippen LogP contribution in [0.4, 0.5) is 5.69 Å². The number of nitrogens with zero attached hydrogens (tertiary/aromatic N) is 5. The minimum Gasteiger partial charge on any atom is -0.342 e. The molecule has 40 heavy (non-hydrogen) atoms. The largest absolute Gasteiger partial charge is 0.342 e. The molecule has 1 aliphatic heterocycles. The first-order chi connectivity index (χ1) is 19.4. The summed E-state index contributed by atoms with van der Waals surface area (Å²) in [6.07, 6.45) is 12.4. The second-order valence-corrected chi connectivity index (χ2v) is 13.7. The van der Waals surface area contributed by atoms with Crippen LogP contribution >= 0.6 is 22.9 Å². The molecule has 1 amide bonds. The molecule has 2 N–H and O–H groups in total. The summed E-state index contributed by atoms with van der Waals surface area (Å²) in [6.45, 7) is 2.88. The molecule has 2 fully saturated rings. The predicted molar refractivity (Wildman–Crippen MR) is 156 cm³/mol. The van der Waals surface area contributed by atoms with E-state index in [-0.39, 0.29) is 11.2 Å². The van der Waals surface area contributed by atoms with Crippen molar-refractivity contribution in [3.05, 3.63) is 64.8 Å². The van der Waals surface area contributed by atoms with Gasteiger partial charge in [-0.2, -0.15) is 5.10 Å². The van der Waals surface area contributed by atoms with Gasteiger partial charge in [-0.25, -0.2) is 17.9 Å². The van der Waals surface area contributed by atoms with Crippen LogP contribution in [0.25, 0.3) is 16.0 Å². The number of carbonyl (C=O) groups excluding carboxylic acids is 1. The molecule has 2 aliphatic rings. The van der Waals surface area contributed by atoms with Crippen LogP contribution in [0, 0.1) is 0 Å². The van der Waals surface area contributed by atoms with E-state index in [2.05, 4.69) is 30.0 Å². The number of pyridine rings is 2. The Kier molecular flexibility index (Phi) is 7.76. The van der Waals surface area contributed by atoms with Gasteiger partial charge in [0.1, 0.15) is 0 Å². The van der Waals surface area contributed by atoms with Crippen molar-refractivity contribution >= 4 is 50.1 Å². The zero-order chi connectivity index (χ0) is 27.7. The SMILES string of the molecule is O=C(N[C@H](CCN1CCCCC1)c1cc(NS(=O)(=O)C2CC2)ccn1)c1ncc(-c2cnn3ccc(Cl)cc23)s1. The number of rotatable bonds is 10.